The summed E-state index contributed by atoms with van der Waals surface area (Å²) in [6.45, 7) is 0. The van der Waals surface area contributed by atoms with Gasteiger partial charge in [-0.1, -0.05) is 54.6 Å². The van der Waals surface area contributed by atoms with Crippen molar-refractivity contribution >= 4 is 12.0 Å². The van der Waals surface area contributed by atoms with Crippen LogP contribution in [0.3, 0.4) is 0 Å². The average Bonchev–Trinajstić information content (AvgIpc) is 2.82. The molecule has 0 radical (unpaired) electrons. The van der Waals surface area contributed by atoms with Crippen LogP contribution < -0.4 is 14.2 Å². The number of carboxylic acid groups (broad SMARTS) is 1. The molecule has 0 heterocycles. The summed E-state index contributed by atoms with van der Waals surface area (Å²) < 4.78 is 18.5. The molecule has 0 saturated carbocycles. The highest BCUT2D eigenvalue weighted by Crippen LogP contribution is 2.46. The number of rotatable bonds is 8. The van der Waals surface area contributed by atoms with Crippen LogP contribution in [-0.4, -0.2) is 11.1 Å². The lowest BCUT2D eigenvalue weighted by Gasteiger charge is -2.18. The highest BCUT2D eigenvalue weighted by Gasteiger charge is 2.19. The SMILES string of the molecule is O=C(O)C=Cc1ccc(Oc2ccccc2)c(Oc2ccccc2)c1Oc1ccccc1. The summed E-state index contributed by atoms with van der Waals surface area (Å²) in [7, 11) is 0. The van der Waals surface area contributed by atoms with Gasteiger partial charge in [0.1, 0.15) is 17.2 Å². The van der Waals surface area contributed by atoms with Crippen molar-refractivity contribution in [3.05, 3.63) is 115 Å². The molecular formula is C27H20O5. The molecule has 0 amide bonds. The monoisotopic (exact) mass is 424 g/mol. The molecule has 158 valence electrons. The van der Waals surface area contributed by atoms with E-state index in [2.05, 4.69) is 0 Å². The molecule has 0 spiro atoms. The fourth-order valence-corrected chi connectivity index (χ4v) is 2.96. The van der Waals surface area contributed by atoms with E-state index in [0.717, 1.165) is 6.08 Å². The average molecular weight is 424 g/mol. The molecule has 0 atom stereocenters. The van der Waals surface area contributed by atoms with E-state index in [9.17, 15) is 4.79 Å². The van der Waals surface area contributed by atoms with Gasteiger partial charge in [-0.3, -0.25) is 0 Å². The molecule has 0 fully saturated rings. The summed E-state index contributed by atoms with van der Waals surface area (Å²) in [5, 5.41) is 9.13. The van der Waals surface area contributed by atoms with Crippen LogP contribution in [0.25, 0.3) is 6.08 Å². The Kier molecular flexibility index (Phi) is 6.48. The van der Waals surface area contributed by atoms with Gasteiger partial charge >= 0.3 is 5.97 Å². The van der Waals surface area contributed by atoms with Gasteiger partial charge in [-0.05, 0) is 54.6 Å². The Bertz CT molecular complexity index is 1200. The zero-order valence-electron chi connectivity index (χ0n) is 17.0. The van der Waals surface area contributed by atoms with Crippen molar-refractivity contribution in [1.29, 1.82) is 0 Å². The van der Waals surface area contributed by atoms with Gasteiger partial charge in [0, 0.05) is 11.6 Å². The molecule has 0 aromatic heterocycles. The Morgan fingerprint density at radius 2 is 1.06 bits per heavy atom. The standard InChI is InChI=1S/C27H20O5/c28-25(29)19-17-20-16-18-24(30-21-10-4-1-5-11-21)27(32-23-14-8-3-9-15-23)26(20)31-22-12-6-2-7-13-22/h1-19H,(H,28,29). The maximum absolute atomic E-state index is 11.1. The number of hydrogen-bond donors (Lipinski definition) is 1. The topological polar surface area (TPSA) is 65.0 Å². The highest BCUT2D eigenvalue weighted by atomic mass is 16.5. The molecule has 1 N–H and O–H groups in total. The molecule has 0 aliphatic carbocycles. The molecule has 0 saturated heterocycles. The van der Waals surface area contributed by atoms with Gasteiger partial charge in [-0.25, -0.2) is 4.79 Å². The predicted molar refractivity (Wildman–Crippen MR) is 123 cm³/mol. The summed E-state index contributed by atoms with van der Waals surface area (Å²) in [6, 6.07) is 31.2. The summed E-state index contributed by atoms with van der Waals surface area (Å²) in [5.41, 5.74) is 0.530. The number of carbonyl (C=O) groups is 1. The van der Waals surface area contributed by atoms with Crippen LogP contribution in [0.1, 0.15) is 5.56 Å². The Morgan fingerprint density at radius 3 is 1.56 bits per heavy atom. The van der Waals surface area contributed by atoms with Crippen molar-refractivity contribution in [2.24, 2.45) is 0 Å². The van der Waals surface area contributed by atoms with Gasteiger partial charge < -0.3 is 19.3 Å². The number of para-hydroxylation sites is 3. The molecule has 0 aliphatic rings. The van der Waals surface area contributed by atoms with Gasteiger partial charge in [-0.2, -0.15) is 0 Å². The van der Waals surface area contributed by atoms with E-state index >= 15 is 0 Å². The minimum atomic E-state index is -1.06. The Hall–Kier alpha value is -4.51. The van der Waals surface area contributed by atoms with Gasteiger partial charge in [0.15, 0.2) is 11.5 Å². The first-order valence-electron chi connectivity index (χ1n) is 9.96. The van der Waals surface area contributed by atoms with Crippen molar-refractivity contribution in [2.45, 2.75) is 0 Å². The third-order valence-corrected chi connectivity index (χ3v) is 4.41. The molecule has 4 rings (SSSR count). The van der Waals surface area contributed by atoms with E-state index in [4.69, 9.17) is 19.3 Å². The first-order valence-corrected chi connectivity index (χ1v) is 9.96. The number of benzene rings is 4. The van der Waals surface area contributed by atoms with E-state index in [1.165, 1.54) is 6.08 Å². The molecule has 32 heavy (non-hydrogen) atoms. The number of ether oxygens (including phenoxy) is 3. The predicted octanol–water partition coefficient (Wildman–Crippen LogP) is 7.16. The molecule has 4 aromatic carbocycles. The van der Waals surface area contributed by atoms with Crippen LogP contribution in [0.2, 0.25) is 0 Å². The van der Waals surface area contributed by atoms with Crippen LogP contribution in [0.15, 0.2) is 109 Å². The summed E-state index contributed by atoms with van der Waals surface area (Å²) in [4.78, 5) is 11.1. The largest absolute Gasteiger partial charge is 0.478 e. The quantitative estimate of drug-likeness (QED) is 0.304. The molecule has 0 bridgehead atoms. The maximum atomic E-state index is 11.1. The lowest BCUT2D eigenvalue weighted by atomic mass is 10.1. The molecule has 5 nitrogen and oxygen atoms in total. The zero-order valence-corrected chi connectivity index (χ0v) is 17.0. The smallest absolute Gasteiger partial charge is 0.328 e. The van der Waals surface area contributed by atoms with Crippen molar-refractivity contribution in [3.8, 4) is 34.5 Å². The van der Waals surface area contributed by atoms with Crippen LogP contribution >= 0.6 is 0 Å². The first-order chi connectivity index (χ1) is 15.7. The number of hydrogen-bond acceptors (Lipinski definition) is 4. The minimum absolute atomic E-state index is 0.330. The molecule has 0 unspecified atom stereocenters. The lowest BCUT2D eigenvalue weighted by molar-refractivity contribution is -0.131. The van der Waals surface area contributed by atoms with E-state index in [0.29, 0.717) is 40.1 Å². The second-order valence-corrected chi connectivity index (χ2v) is 6.73. The highest BCUT2D eigenvalue weighted by molar-refractivity contribution is 5.86. The molecule has 0 aliphatic heterocycles. The van der Waals surface area contributed by atoms with Crippen molar-refractivity contribution in [2.75, 3.05) is 0 Å². The normalized spacial score (nSPS) is 10.6. The van der Waals surface area contributed by atoms with Crippen LogP contribution in [0, 0.1) is 0 Å². The van der Waals surface area contributed by atoms with Crippen molar-refractivity contribution < 1.29 is 24.1 Å². The van der Waals surface area contributed by atoms with Gasteiger partial charge in [0.25, 0.3) is 0 Å². The van der Waals surface area contributed by atoms with E-state index < -0.39 is 5.97 Å². The van der Waals surface area contributed by atoms with E-state index in [-0.39, 0.29) is 0 Å². The van der Waals surface area contributed by atoms with Gasteiger partial charge in [0.2, 0.25) is 5.75 Å². The van der Waals surface area contributed by atoms with Crippen molar-refractivity contribution in [1.82, 2.24) is 0 Å². The third kappa shape index (κ3) is 5.34. The third-order valence-electron chi connectivity index (χ3n) is 4.41. The van der Waals surface area contributed by atoms with E-state index in [1.54, 1.807) is 12.1 Å². The molecular weight excluding hydrogens is 404 g/mol. The summed E-state index contributed by atoms with van der Waals surface area (Å²) >= 11 is 0. The minimum Gasteiger partial charge on any atom is -0.478 e. The van der Waals surface area contributed by atoms with Crippen LogP contribution in [0.4, 0.5) is 0 Å². The van der Waals surface area contributed by atoms with Gasteiger partial charge in [0.05, 0.1) is 0 Å². The van der Waals surface area contributed by atoms with E-state index in [1.807, 2.05) is 91.0 Å². The lowest BCUT2D eigenvalue weighted by Crippen LogP contribution is -1.97. The fourth-order valence-electron chi connectivity index (χ4n) is 2.96. The zero-order chi connectivity index (χ0) is 22.2. The Balaban J connectivity index is 1.85. The Morgan fingerprint density at radius 1 is 0.594 bits per heavy atom. The van der Waals surface area contributed by atoms with Crippen LogP contribution in [-0.2, 0) is 4.79 Å². The maximum Gasteiger partial charge on any atom is 0.328 e. The fraction of sp³-hybridized carbons (Fsp3) is 0. The second kappa shape index (κ2) is 10.00. The Labute approximate surface area is 185 Å². The summed E-state index contributed by atoms with van der Waals surface area (Å²) in [5.74, 6) is 1.83. The number of aliphatic carboxylic acids is 1. The van der Waals surface area contributed by atoms with Crippen LogP contribution in [0.5, 0.6) is 34.5 Å². The van der Waals surface area contributed by atoms with Crippen molar-refractivity contribution in [3.63, 3.8) is 0 Å². The summed E-state index contributed by atoms with van der Waals surface area (Å²) in [6.07, 6.45) is 2.52. The second-order valence-electron chi connectivity index (χ2n) is 6.73. The van der Waals surface area contributed by atoms with Gasteiger partial charge in [-0.15, -0.1) is 0 Å². The molecule has 4 aromatic rings. The number of carboxylic acids is 1. The molecule has 5 heteroatoms. The first kappa shape index (κ1) is 20.8.